The second-order valence-corrected chi connectivity index (χ2v) is 8.55. The molecule has 0 amide bonds. The van der Waals surface area contributed by atoms with Crippen molar-refractivity contribution in [3.63, 3.8) is 0 Å². The molecule has 4 rings (SSSR count). The molecule has 3 aromatic carbocycles. The highest BCUT2D eigenvalue weighted by atomic mass is 32.2. The van der Waals surface area contributed by atoms with E-state index in [0.29, 0.717) is 11.5 Å². The van der Waals surface area contributed by atoms with E-state index in [0.717, 1.165) is 17.2 Å². The molecule has 33 heavy (non-hydrogen) atoms. The molecule has 4 aromatic rings. The van der Waals surface area contributed by atoms with Gasteiger partial charge in [0.1, 0.15) is 5.75 Å². The van der Waals surface area contributed by atoms with Gasteiger partial charge in [-0.05, 0) is 59.9 Å². The first-order chi connectivity index (χ1) is 16.2. The first kappa shape index (κ1) is 22.4. The largest absolute Gasteiger partial charge is 0.497 e. The second kappa shape index (κ2) is 10.7. The van der Waals surface area contributed by atoms with Gasteiger partial charge in [-0.2, -0.15) is 4.68 Å². The fourth-order valence-corrected chi connectivity index (χ4v) is 4.05. The van der Waals surface area contributed by atoms with Gasteiger partial charge in [0.25, 0.3) is 0 Å². The minimum atomic E-state index is -0.231. The fourth-order valence-electron chi connectivity index (χ4n) is 3.29. The molecule has 0 N–H and O–H groups in total. The molecule has 0 saturated carbocycles. The predicted molar refractivity (Wildman–Crippen MR) is 136 cm³/mol. The topological polar surface area (TPSA) is 49.0 Å². The zero-order chi connectivity index (χ0) is 23.0. The van der Waals surface area contributed by atoms with Crippen LogP contribution in [0.1, 0.15) is 18.3 Å². The first-order valence-electron chi connectivity index (χ1n) is 10.6. The molecule has 0 fully saturated rings. The molecule has 1 heterocycles. The lowest BCUT2D eigenvalue weighted by atomic mass is 10.2. The smallest absolute Gasteiger partial charge is 0.355 e. The van der Waals surface area contributed by atoms with Crippen molar-refractivity contribution in [2.24, 2.45) is 0 Å². The van der Waals surface area contributed by atoms with E-state index in [1.807, 2.05) is 78.9 Å². The van der Waals surface area contributed by atoms with E-state index < -0.39 is 0 Å². The van der Waals surface area contributed by atoms with Crippen LogP contribution in [0.25, 0.3) is 17.5 Å². The van der Waals surface area contributed by atoms with Gasteiger partial charge in [0.2, 0.25) is 0 Å². The van der Waals surface area contributed by atoms with Crippen molar-refractivity contribution in [2.45, 2.75) is 12.7 Å². The Morgan fingerprint density at radius 1 is 0.939 bits per heavy atom. The summed E-state index contributed by atoms with van der Waals surface area (Å²) in [5.74, 6) is 2.19. The Morgan fingerprint density at radius 3 is 2.27 bits per heavy atom. The molecule has 0 aliphatic rings. The highest BCUT2D eigenvalue weighted by Gasteiger charge is 2.14. The van der Waals surface area contributed by atoms with Crippen LogP contribution in [0.4, 0.5) is 0 Å². The van der Waals surface area contributed by atoms with Crippen LogP contribution < -0.4 is 10.4 Å². The molecular formula is C27H25N3O2S. The third kappa shape index (κ3) is 5.54. The van der Waals surface area contributed by atoms with Gasteiger partial charge < -0.3 is 4.74 Å². The van der Waals surface area contributed by atoms with Gasteiger partial charge in [-0.1, -0.05) is 60.7 Å². The number of para-hydroxylation sites is 1. The molecule has 0 saturated heterocycles. The van der Waals surface area contributed by atoms with Crippen molar-refractivity contribution in [1.82, 2.24) is 14.3 Å². The maximum absolute atomic E-state index is 13.3. The number of nitrogens with zero attached hydrogens (tertiary/aromatic N) is 3. The van der Waals surface area contributed by atoms with E-state index in [9.17, 15) is 4.79 Å². The SMILES string of the molecule is COc1ccc(-n2nc(/C=C\C=C(/C)SCc3ccccc3)n(-c3ccccc3)c2=O)cc1. The number of methoxy groups -OCH3 is 1. The monoisotopic (exact) mass is 455 g/mol. The summed E-state index contributed by atoms with van der Waals surface area (Å²) in [7, 11) is 1.61. The van der Waals surface area contributed by atoms with Crippen molar-refractivity contribution >= 4 is 17.8 Å². The lowest BCUT2D eigenvalue weighted by Crippen LogP contribution is -2.22. The Hall–Kier alpha value is -3.77. The minimum Gasteiger partial charge on any atom is -0.497 e. The Labute approximate surface area is 197 Å². The number of rotatable bonds is 8. The summed E-state index contributed by atoms with van der Waals surface area (Å²) in [6, 6.07) is 27.2. The van der Waals surface area contributed by atoms with E-state index in [1.54, 1.807) is 23.4 Å². The maximum atomic E-state index is 13.3. The molecule has 1 aromatic heterocycles. The van der Waals surface area contributed by atoms with Gasteiger partial charge in [0, 0.05) is 5.75 Å². The predicted octanol–water partition coefficient (Wildman–Crippen LogP) is 5.88. The van der Waals surface area contributed by atoms with Crippen LogP contribution in [-0.4, -0.2) is 21.5 Å². The van der Waals surface area contributed by atoms with Crippen molar-refractivity contribution in [2.75, 3.05) is 7.11 Å². The van der Waals surface area contributed by atoms with Crippen molar-refractivity contribution in [3.05, 3.63) is 124 Å². The molecule has 5 nitrogen and oxygen atoms in total. The van der Waals surface area contributed by atoms with E-state index in [2.05, 4.69) is 36.3 Å². The normalized spacial score (nSPS) is 11.8. The first-order valence-corrected chi connectivity index (χ1v) is 11.6. The summed E-state index contributed by atoms with van der Waals surface area (Å²) in [6.07, 6.45) is 5.84. The van der Waals surface area contributed by atoms with Crippen molar-refractivity contribution in [3.8, 4) is 17.1 Å². The summed E-state index contributed by atoms with van der Waals surface area (Å²) in [5, 5.41) is 4.61. The lowest BCUT2D eigenvalue weighted by Gasteiger charge is -2.03. The standard InChI is InChI=1S/C27H25N3O2S/c1-21(33-20-22-11-5-3-6-12-22)10-9-15-26-28-30(24-16-18-25(32-2)19-17-24)27(31)29(26)23-13-7-4-8-14-23/h3-19H,20H2,1-2H3/b15-9-,21-10+. The Morgan fingerprint density at radius 2 is 1.61 bits per heavy atom. The average molecular weight is 456 g/mol. The number of allylic oxidation sites excluding steroid dienone is 3. The molecule has 166 valence electrons. The molecule has 0 aliphatic carbocycles. The van der Waals surface area contributed by atoms with E-state index >= 15 is 0 Å². The minimum absolute atomic E-state index is 0.231. The summed E-state index contributed by atoms with van der Waals surface area (Å²) in [6.45, 7) is 2.08. The molecular weight excluding hydrogens is 430 g/mol. The van der Waals surface area contributed by atoms with Crippen LogP contribution in [-0.2, 0) is 5.75 Å². The van der Waals surface area contributed by atoms with E-state index in [4.69, 9.17) is 4.74 Å². The number of hydrogen-bond donors (Lipinski definition) is 0. The molecule has 0 radical (unpaired) electrons. The fraction of sp³-hybridized carbons (Fsp3) is 0.111. The Bertz CT molecular complexity index is 1310. The highest BCUT2D eigenvalue weighted by Crippen LogP contribution is 2.21. The maximum Gasteiger partial charge on any atom is 0.355 e. The third-order valence-corrected chi connectivity index (χ3v) is 6.09. The third-order valence-electron chi connectivity index (χ3n) is 5.02. The number of hydrogen-bond acceptors (Lipinski definition) is 4. The summed E-state index contributed by atoms with van der Waals surface area (Å²) >= 11 is 1.78. The van der Waals surface area contributed by atoms with Gasteiger partial charge in [0.15, 0.2) is 5.82 Å². The number of ether oxygens (including phenoxy) is 1. The van der Waals surface area contributed by atoms with E-state index in [-0.39, 0.29) is 5.69 Å². The Kier molecular flexibility index (Phi) is 7.27. The van der Waals surface area contributed by atoms with Crippen molar-refractivity contribution in [1.29, 1.82) is 0 Å². The van der Waals surface area contributed by atoms with Crippen LogP contribution in [0.3, 0.4) is 0 Å². The van der Waals surface area contributed by atoms with Crippen LogP contribution in [0.2, 0.25) is 0 Å². The molecule has 0 aliphatic heterocycles. The second-order valence-electron chi connectivity index (χ2n) is 7.33. The van der Waals surface area contributed by atoms with Crippen LogP contribution in [0.15, 0.2) is 107 Å². The molecule has 0 atom stereocenters. The van der Waals surface area contributed by atoms with Gasteiger partial charge in [-0.3, -0.25) is 0 Å². The zero-order valence-corrected chi connectivity index (χ0v) is 19.4. The van der Waals surface area contributed by atoms with Crippen LogP contribution in [0, 0.1) is 0 Å². The van der Waals surface area contributed by atoms with Crippen LogP contribution in [0.5, 0.6) is 5.75 Å². The summed E-state index contributed by atoms with van der Waals surface area (Å²) < 4.78 is 8.25. The number of aromatic nitrogens is 3. The quantitative estimate of drug-likeness (QED) is 0.311. The molecule has 0 spiro atoms. The molecule has 0 unspecified atom stereocenters. The van der Waals surface area contributed by atoms with Crippen LogP contribution >= 0.6 is 11.8 Å². The number of thioether (sulfide) groups is 1. The Balaban J connectivity index is 1.62. The highest BCUT2D eigenvalue weighted by molar-refractivity contribution is 8.02. The van der Waals surface area contributed by atoms with Gasteiger partial charge in [-0.15, -0.1) is 16.9 Å². The molecule has 6 heteroatoms. The zero-order valence-electron chi connectivity index (χ0n) is 18.6. The van der Waals surface area contributed by atoms with Crippen molar-refractivity contribution < 1.29 is 4.74 Å². The lowest BCUT2D eigenvalue weighted by molar-refractivity contribution is 0.414. The van der Waals surface area contributed by atoms with Gasteiger partial charge >= 0.3 is 5.69 Å². The number of benzene rings is 3. The van der Waals surface area contributed by atoms with Gasteiger partial charge in [0.05, 0.1) is 18.5 Å². The molecule has 0 bridgehead atoms. The summed E-state index contributed by atoms with van der Waals surface area (Å²) in [4.78, 5) is 14.5. The average Bonchev–Trinajstić information content (AvgIpc) is 3.19. The summed E-state index contributed by atoms with van der Waals surface area (Å²) in [5.41, 5.74) is 2.50. The van der Waals surface area contributed by atoms with E-state index in [1.165, 1.54) is 15.2 Å². The van der Waals surface area contributed by atoms with Gasteiger partial charge in [-0.25, -0.2) is 9.36 Å².